The molecule has 0 aliphatic carbocycles. The molecule has 2 aromatic carbocycles. The number of amides is 3. The van der Waals surface area contributed by atoms with Gasteiger partial charge in [0.2, 0.25) is 0 Å². The van der Waals surface area contributed by atoms with Crippen LogP contribution in [-0.2, 0) is 0 Å². The Bertz CT molecular complexity index is 1030. The van der Waals surface area contributed by atoms with Crippen molar-refractivity contribution in [2.24, 2.45) is 0 Å². The number of fused-ring (bicyclic) bond motifs is 1. The number of nitrogens with zero attached hydrogens (tertiary/aromatic N) is 3. The van der Waals surface area contributed by atoms with Crippen molar-refractivity contribution < 1.29 is 14.4 Å². The molecule has 1 saturated heterocycles. The number of piperazine rings is 1. The minimum Gasteiger partial charge on any atom is -0.369 e. The lowest BCUT2D eigenvalue weighted by atomic mass is 10.1. The van der Waals surface area contributed by atoms with E-state index < -0.39 is 0 Å². The molecule has 0 saturated carbocycles. The molecule has 2 aliphatic rings. The second-order valence-electron chi connectivity index (χ2n) is 8.56. The average molecular weight is 435 g/mol. The van der Waals surface area contributed by atoms with E-state index in [1.54, 1.807) is 12.1 Å². The van der Waals surface area contributed by atoms with Crippen LogP contribution in [0.2, 0.25) is 0 Å². The number of unbranched alkanes of at least 4 members (excludes halogenated alkanes) is 1. The monoisotopic (exact) mass is 434 g/mol. The summed E-state index contributed by atoms with van der Waals surface area (Å²) >= 11 is 0. The van der Waals surface area contributed by atoms with E-state index in [9.17, 15) is 14.4 Å². The van der Waals surface area contributed by atoms with Gasteiger partial charge < -0.3 is 10.2 Å². The molecule has 0 bridgehead atoms. The molecule has 0 spiro atoms. The number of rotatable bonds is 7. The maximum Gasteiger partial charge on any atom is 0.261 e. The summed E-state index contributed by atoms with van der Waals surface area (Å²) in [4.78, 5) is 42.5. The van der Waals surface area contributed by atoms with Gasteiger partial charge in [-0.05, 0) is 62.2 Å². The first-order valence-corrected chi connectivity index (χ1v) is 11.2. The van der Waals surface area contributed by atoms with Gasteiger partial charge in [0.05, 0.1) is 11.1 Å². The molecule has 4 rings (SSSR count). The van der Waals surface area contributed by atoms with E-state index in [-0.39, 0.29) is 17.7 Å². The Labute approximate surface area is 189 Å². The van der Waals surface area contributed by atoms with Crippen molar-refractivity contribution in [3.05, 3.63) is 64.7 Å². The molecule has 0 atom stereocenters. The second kappa shape index (κ2) is 9.53. The van der Waals surface area contributed by atoms with Crippen molar-refractivity contribution in [3.63, 3.8) is 0 Å². The summed E-state index contributed by atoms with van der Waals surface area (Å²) in [5, 5.41) is 2.92. The van der Waals surface area contributed by atoms with Gasteiger partial charge in [-0.25, -0.2) is 0 Å². The van der Waals surface area contributed by atoms with Crippen LogP contribution < -0.4 is 10.2 Å². The summed E-state index contributed by atoms with van der Waals surface area (Å²) < 4.78 is 0. The highest BCUT2D eigenvalue weighted by Gasteiger charge is 2.33. The van der Waals surface area contributed by atoms with Gasteiger partial charge in [-0.15, -0.1) is 0 Å². The lowest BCUT2D eigenvalue weighted by Crippen LogP contribution is -2.46. The van der Waals surface area contributed by atoms with Gasteiger partial charge in [0.25, 0.3) is 17.7 Å². The standard InChI is InChI=1S/C25H30N4O3/c1-18-6-5-7-20(16-18)29-14-12-28(13-15-29)11-4-3-10-26-23(30)19-8-9-21-22(17-19)25(32)27(2)24(21)31/h5-9,16-17H,3-4,10-15H2,1-2H3,(H,26,30). The topological polar surface area (TPSA) is 73.0 Å². The van der Waals surface area contributed by atoms with Crippen LogP contribution in [0.1, 0.15) is 49.5 Å². The van der Waals surface area contributed by atoms with E-state index in [1.165, 1.54) is 24.4 Å². The Balaban J connectivity index is 1.16. The molecule has 0 aromatic heterocycles. The van der Waals surface area contributed by atoms with Crippen molar-refractivity contribution >= 4 is 23.4 Å². The van der Waals surface area contributed by atoms with Crippen molar-refractivity contribution in [2.75, 3.05) is 51.2 Å². The molecule has 7 nitrogen and oxygen atoms in total. The minimum atomic E-state index is -0.359. The number of hydrogen-bond acceptors (Lipinski definition) is 5. The van der Waals surface area contributed by atoms with Crippen LogP contribution in [0.25, 0.3) is 0 Å². The molecular weight excluding hydrogens is 404 g/mol. The molecule has 32 heavy (non-hydrogen) atoms. The van der Waals surface area contributed by atoms with E-state index in [0.29, 0.717) is 23.2 Å². The van der Waals surface area contributed by atoms with E-state index >= 15 is 0 Å². The van der Waals surface area contributed by atoms with Crippen molar-refractivity contribution in [3.8, 4) is 0 Å². The van der Waals surface area contributed by atoms with E-state index in [4.69, 9.17) is 0 Å². The van der Waals surface area contributed by atoms with E-state index in [2.05, 4.69) is 46.3 Å². The number of nitrogens with one attached hydrogen (secondary N) is 1. The Morgan fingerprint density at radius 3 is 2.44 bits per heavy atom. The molecule has 168 valence electrons. The van der Waals surface area contributed by atoms with Gasteiger partial charge in [0.1, 0.15) is 0 Å². The zero-order valence-electron chi connectivity index (χ0n) is 18.8. The predicted molar refractivity (Wildman–Crippen MR) is 124 cm³/mol. The Morgan fingerprint density at radius 2 is 1.69 bits per heavy atom. The van der Waals surface area contributed by atoms with Crippen molar-refractivity contribution in [1.82, 2.24) is 15.1 Å². The highest BCUT2D eigenvalue weighted by atomic mass is 16.2. The van der Waals surface area contributed by atoms with Gasteiger partial charge in [0.15, 0.2) is 0 Å². The molecule has 2 aromatic rings. The number of aryl methyl sites for hydroxylation is 1. The molecule has 1 N–H and O–H groups in total. The van der Waals surface area contributed by atoms with E-state index in [1.807, 2.05) is 0 Å². The fraction of sp³-hybridized carbons (Fsp3) is 0.400. The first-order chi connectivity index (χ1) is 15.4. The number of hydrogen-bond donors (Lipinski definition) is 1. The van der Waals surface area contributed by atoms with Crippen molar-refractivity contribution in [2.45, 2.75) is 19.8 Å². The minimum absolute atomic E-state index is 0.214. The molecule has 0 unspecified atom stereocenters. The highest BCUT2D eigenvalue weighted by Crippen LogP contribution is 2.22. The Hall–Kier alpha value is -3.19. The number of benzene rings is 2. The van der Waals surface area contributed by atoms with Crippen LogP contribution in [0.4, 0.5) is 5.69 Å². The summed E-state index contributed by atoms with van der Waals surface area (Å²) in [6.07, 6.45) is 1.92. The fourth-order valence-electron chi connectivity index (χ4n) is 4.32. The lowest BCUT2D eigenvalue weighted by molar-refractivity contribution is 0.0693. The molecule has 7 heteroatoms. The van der Waals surface area contributed by atoms with Crippen LogP contribution in [0.3, 0.4) is 0 Å². The van der Waals surface area contributed by atoms with Gasteiger partial charge in [0, 0.05) is 51.0 Å². The largest absolute Gasteiger partial charge is 0.369 e. The summed E-state index contributed by atoms with van der Waals surface area (Å²) in [5.74, 6) is -0.895. The normalized spacial score (nSPS) is 16.4. The van der Waals surface area contributed by atoms with Gasteiger partial charge in [-0.3, -0.25) is 24.2 Å². The zero-order chi connectivity index (χ0) is 22.7. The quantitative estimate of drug-likeness (QED) is 0.536. The summed E-state index contributed by atoms with van der Waals surface area (Å²) in [7, 11) is 1.45. The van der Waals surface area contributed by atoms with Crippen LogP contribution >= 0.6 is 0 Å². The second-order valence-corrected chi connectivity index (χ2v) is 8.56. The van der Waals surface area contributed by atoms with Crippen molar-refractivity contribution in [1.29, 1.82) is 0 Å². The van der Waals surface area contributed by atoms with Gasteiger partial charge in [-0.1, -0.05) is 12.1 Å². The third-order valence-corrected chi connectivity index (χ3v) is 6.28. The smallest absolute Gasteiger partial charge is 0.261 e. The van der Waals surface area contributed by atoms with Crippen LogP contribution in [-0.4, -0.2) is 73.8 Å². The molecular formula is C25H30N4O3. The van der Waals surface area contributed by atoms with Crippen LogP contribution in [0.5, 0.6) is 0 Å². The average Bonchev–Trinajstić information content (AvgIpc) is 3.02. The van der Waals surface area contributed by atoms with E-state index in [0.717, 1.165) is 50.5 Å². The van der Waals surface area contributed by atoms with Crippen LogP contribution in [0, 0.1) is 6.92 Å². The summed E-state index contributed by atoms with van der Waals surface area (Å²) in [6, 6.07) is 13.3. The maximum absolute atomic E-state index is 12.4. The first kappa shape index (κ1) is 22.0. The number of imide groups is 1. The fourth-order valence-corrected chi connectivity index (χ4v) is 4.32. The number of anilines is 1. The highest BCUT2D eigenvalue weighted by molar-refractivity contribution is 6.21. The zero-order valence-corrected chi connectivity index (χ0v) is 18.8. The predicted octanol–water partition coefficient (Wildman–Crippen LogP) is 2.55. The first-order valence-electron chi connectivity index (χ1n) is 11.2. The molecule has 0 radical (unpaired) electrons. The SMILES string of the molecule is Cc1cccc(N2CCN(CCCCNC(=O)c3ccc4c(c3)C(=O)N(C)C4=O)CC2)c1. The molecule has 3 amide bonds. The number of carbonyl (C=O) groups excluding carboxylic acids is 3. The summed E-state index contributed by atoms with van der Waals surface area (Å²) in [6.45, 7) is 7.92. The lowest BCUT2D eigenvalue weighted by Gasteiger charge is -2.36. The summed E-state index contributed by atoms with van der Waals surface area (Å²) in [5.41, 5.74) is 3.66. The number of carbonyl (C=O) groups is 3. The molecule has 1 fully saturated rings. The molecule has 2 aliphatic heterocycles. The maximum atomic E-state index is 12.4. The third kappa shape index (κ3) is 4.67. The van der Waals surface area contributed by atoms with Gasteiger partial charge in [-0.2, -0.15) is 0 Å². The van der Waals surface area contributed by atoms with Crippen LogP contribution in [0.15, 0.2) is 42.5 Å². The third-order valence-electron chi connectivity index (χ3n) is 6.28. The Kier molecular flexibility index (Phi) is 6.55. The van der Waals surface area contributed by atoms with Gasteiger partial charge >= 0.3 is 0 Å². The Morgan fingerprint density at radius 1 is 0.938 bits per heavy atom. The molecule has 2 heterocycles.